The molecule has 88 valence electrons. The van der Waals surface area contributed by atoms with E-state index in [4.69, 9.17) is 5.11 Å². The lowest BCUT2D eigenvalue weighted by molar-refractivity contribution is -0.136. The van der Waals surface area contributed by atoms with Crippen LogP contribution in [0.1, 0.15) is 31.9 Å². The van der Waals surface area contributed by atoms with Crippen LogP contribution in [0.5, 0.6) is 0 Å². The van der Waals surface area contributed by atoms with Gasteiger partial charge in [-0.3, -0.25) is 4.79 Å². The van der Waals surface area contributed by atoms with Crippen LogP contribution in [0.15, 0.2) is 24.3 Å². The van der Waals surface area contributed by atoms with Crippen LogP contribution in [-0.4, -0.2) is 15.8 Å². The Hall–Kier alpha value is -0.960. The fourth-order valence-corrected chi connectivity index (χ4v) is 2.20. The van der Waals surface area contributed by atoms with Crippen LogP contribution >= 0.6 is 11.8 Å². The van der Waals surface area contributed by atoms with Gasteiger partial charge in [-0.15, -0.1) is 0 Å². The molecule has 0 aromatic heterocycles. The zero-order valence-corrected chi connectivity index (χ0v) is 10.8. The van der Waals surface area contributed by atoms with E-state index in [0.717, 1.165) is 16.9 Å². The van der Waals surface area contributed by atoms with Gasteiger partial charge in [0.2, 0.25) is 0 Å². The molecular formula is C13H18O2S. The lowest BCUT2D eigenvalue weighted by Crippen LogP contribution is -2.09. The molecule has 0 aliphatic heterocycles. The molecule has 0 saturated heterocycles. The van der Waals surface area contributed by atoms with E-state index < -0.39 is 5.97 Å². The molecule has 0 radical (unpaired) electrons. The van der Waals surface area contributed by atoms with Crippen molar-refractivity contribution in [3.8, 4) is 0 Å². The van der Waals surface area contributed by atoms with Gasteiger partial charge in [-0.25, -0.2) is 0 Å². The van der Waals surface area contributed by atoms with Crippen LogP contribution in [0.25, 0.3) is 0 Å². The molecular weight excluding hydrogens is 220 g/mol. The van der Waals surface area contributed by atoms with Gasteiger partial charge in [0.15, 0.2) is 0 Å². The largest absolute Gasteiger partial charge is 0.481 e. The van der Waals surface area contributed by atoms with Crippen LogP contribution in [0.2, 0.25) is 0 Å². The summed E-state index contributed by atoms with van der Waals surface area (Å²) in [6.07, 6.45) is 0.112. The third kappa shape index (κ3) is 4.71. The number of hydrogen-bond acceptors (Lipinski definition) is 2. The lowest BCUT2D eigenvalue weighted by Gasteiger charge is -2.18. The highest BCUT2D eigenvalue weighted by molar-refractivity contribution is 7.99. The second-order valence-electron chi connectivity index (χ2n) is 4.74. The smallest absolute Gasteiger partial charge is 0.307 e. The van der Waals surface area contributed by atoms with Gasteiger partial charge in [-0.1, -0.05) is 45.0 Å². The zero-order valence-electron chi connectivity index (χ0n) is 9.99. The summed E-state index contributed by atoms with van der Waals surface area (Å²) in [5, 5.41) is 8.81. The van der Waals surface area contributed by atoms with Gasteiger partial charge >= 0.3 is 5.97 Å². The molecule has 0 bridgehead atoms. The second kappa shape index (κ2) is 5.39. The molecule has 2 nitrogen and oxygen atoms in total. The van der Waals surface area contributed by atoms with E-state index in [1.54, 1.807) is 0 Å². The van der Waals surface area contributed by atoms with Crippen LogP contribution in [0, 0.1) is 0 Å². The number of carboxylic acid groups (broad SMARTS) is 1. The molecule has 0 aliphatic rings. The molecule has 0 atom stereocenters. The Morgan fingerprint density at radius 3 is 2.31 bits per heavy atom. The van der Waals surface area contributed by atoms with E-state index in [0.29, 0.717) is 0 Å². The van der Waals surface area contributed by atoms with Gasteiger partial charge in [-0.2, -0.15) is 11.8 Å². The maximum atomic E-state index is 10.7. The Morgan fingerprint density at radius 1 is 1.25 bits per heavy atom. The van der Waals surface area contributed by atoms with E-state index in [2.05, 4.69) is 20.8 Å². The Balaban J connectivity index is 2.75. The van der Waals surface area contributed by atoms with Gasteiger partial charge in [0.1, 0.15) is 0 Å². The highest BCUT2D eigenvalue weighted by Crippen LogP contribution is 2.28. The Labute approximate surface area is 101 Å². The summed E-state index contributed by atoms with van der Waals surface area (Å²) in [5.74, 6) is 0.0978. The van der Waals surface area contributed by atoms with Crippen molar-refractivity contribution >= 4 is 17.7 Å². The Morgan fingerprint density at radius 2 is 1.81 bits per heavy atom. The molecule has 0 unspecified atom stereocenters. The maximum absolute atomic E-state index is 10.7. The second-order valence-corrected chi connectivity index (χ2v) is 6.54. The molecule has 16 heavy (non-hydrogen) atoms. The minimum absolute atomic E-state index is 0.112. The summed E-state index contributed by atoms with van der Waals surface area (Å²) >= 11 is 1.83. The van der Waals surface area contributed by atoms with E-state index in [9.17, 15) is 4.79 Å². The number of thioether (sulfide) groups is 1. The molecule has 0 amide bonds. The molecule has 1 rings (SSSR count). The molecule has 0 saturated carbocycles. The van der Waals surface area contributed by atoms with Gasteiger partial charge in [0.25, 0.3) is 0 Å². The first-order chi connectivity index (χ1) is 7.38. The highest BCUT2D eigenvalue weighted by Gasteiger charge is 2.12. The molecule has 0 heterocycles. The Bertz CT molecular complexity index is 366. The molecule has 3 heteroatoms. The van der Waals surface area contributed by atoms with E-state index >= 15 is 0 Å². The van der Waals surface area contributed by atoms with Crippen LogP contribution < -0.4 is 0 Å². The van der Waals surface area contributed by atoms with Crippen LogP contribution in [0.4, 0.5) is 0 Å². The fraction of sp³-hybridized carbons (Fsp3) is 0.462. The maximum Gasteiger partial charge on any atom is 0.307 e. The van der Waals surface area contributed by atoms with Gasteiger partial charge in [0.05, 0.1) is 6.42 Å². The average molecular weight is 238 g/mol. The van der Waals surface area contributed by atoms with Gasteiger partial charge in [-0.05, 0) is 11.1 Å². The standard InChI is InChI=1S/C13H18O2S/c1-13(2,3)16-9-11-7-5-4-6-10(11)8-12(14)15/h4-7H,8-9H2,1-3H3,(H,14,15). The van der Waals surface area contributed by atoms with Crippen molar-refractivity contribution in [2.24, 2.45) is 0 Å². The third-order valence-corrected chi connectivity index (χ3v) is 3.44. The SMILES string of the molecule is CC(C)(C)SCc1ccccc1CC(=O)O. The Kier molecular flexibility index (Phi) is 4.42. The van der Waals surface area contributed by atoms with Crippen molar-refractivity contribution in [3.63, 3.8) is 0 Å². The molecule has 1 N–H and O–H groups in total. The first-order valence-corrected chi connectivity index (χ1v) is 6.29. The molecule has 1 aromatic carbocycles. The van der Waals surface area contributed by atoms with Crippen molar-refractivity contribution in [1.29, 1.82) is 0 Å². The molecule has 0 fully saturated rings. The summed E-state index contributed by atoms with van der Waals surface area (Å²) < 4.78 is 0.205. The van der Waals surface area contributed by atoms with Crippen LogP contribution in [0.3, 0.4) is 0 Å². The normalized spacial score (nSPS) is 11.4. The number of carboxylic acids is 1. The summed E-state index contributed by atoms with van der Waals surface area (Å²) in [7, 11) is 0. The lowest BCUT2D eigenvalue weighted by atomic mass is 10.1. The van der Waals surface area contributed by atoms with Gasteiger partial charge < -0.3 is 5.11 Å². The first kappa shape index (κ1) is 13.1. The highest BCUT2D eigenvalue weighted by atomic mass is 32.2. The predicted molar refractivity (Wildman–Crippen MR) is 68.8 cm³/mol. The number of hydrogen-bond donors (Lipinski definition) is 1. The van der Waals surface area contributed by atoms with Gasteiger partial charge in [0, 0.05) is 10.5 Å². The molecule has 1 aromatic rings. The number of benzene rings is 1. The summed E-state index contributed by atoms with van der Waals surface area (Å²) in [5.41, 5.74) is 2.05. The molecule has 0 aliphatic carbocycles. The van der Waals surface area contributed by atoms with E-state index in [-0.39, 0.29) is 11.2 Å². The van der Waals surface area contributed by atoms with E-state index in [1.165, 1.54) is 0 Å². The topological polar surface area (TPSA) is 37.3 Å². The van der Waals surface area contributed by atoms with Crippen molar-refractivity contribution in [2.75, 3.05) is 0 Å². The zero-order chi connectivity index (χ0) is 12.2. The van der Waals surface area contributed by atoms with E-state index in [1.807, 2.05) is 36.0 Å². The third-order valence-electron chi connectivity index (χ3n) is 2.12. The number of carbonyl (C=O) groups is 1. The van der Waals surface area contributed by atoms with Crippen molar-refractivity contribution in [3.05, 3.63) is 35.4 Å². The minimum atomic E-state index is -0.770. The minimum Gasteiger partial charge on any atom is -0.481 e. The predicted octanol–water partition coefficient (Wildman–Crippen LogP) is 3.35. The van der Waals surface area contributed by atoms with Crippen LogP contribution in [-0.2, 0) is 17.0 Å². The number of rotatable bonds is 4. The number of aliphatic carboxylic acids is 1. The summed E-state index contributed by atoms with van der Waals surface area (Å²) in [6, 6.07) is 7.76. The quantitative estimate of drug-likeness (QED) is 0.874. The first-order valence-electron chi connectivity index (χ1n) is 5.31. The van der Waals surface area contributed by atoms with Crippen molar-refractivity contribution < 1.29 is 9.90 Å². The van der Waals surface area contributed by atoms with Crippen molar-refractivity contribution in [1.82, 2.24) is 0 Å². The molecule has 0 spiro atoms. The summed E-state index contributed by atoms with van der Waals surface area (Å²) in [4.78, 5) is 10.7. The fourth-order valence-electron chi connectivity index (χ4n) is 1.33. The monoisotopic (exact) mass is 238 g/mol. The summed E-state index contributed by atoms with van der Waals surface area (Å²) in [6.45, 7) is 6.49. The van der Waals surface area contributed by atoms with Crippen molar-refractivity contribution in [2.45, 2.75) is 37.7 Å². The average Bonchev–Trinajstić information content (AvgIpc) is 2.14.